The molecule has 0 aliphatic carbocycles. The molecule has 3 heterocycles. The van der Waals surface area contributed by atoms with E-state index < -0.39 is 0 Å². The molecule has 9 heteroatoms. The van der Waals surface area contributed by atoms with Crippen molar-refractivity contribution in [1.29, 1.82) is 0 Å². The fourth-order valence-electron chi connectivity index (χ4n) is 3.31. The first-order valence-electron chi connectivity index (χ1n) is 9.80. The number of nitrogens with one attached hydrogen (secondary N) is 1. The zero-order valence-electron chi connectivity index (χ0n) is 17.3. The number of methoxy groups -OCH3 is 1. The maximum absolute atomic E-state index is 12.9. The Labute approximate surface area is 178 Å². The third-order valence-electron chi connectivity index (χ3n) is 4.91. The highest BCUT2D eigenvalue weighted by Gasteiger charge is 2.13. The van der Waals surface area contributed by atoms with Crippen LogP contribution in [0.3, 0.4) is 0 Å². The number of pyridine rings is 1. The van der Waals surface area contributed by atoms with E-state index in [1.165, 1.54) is 17.9 Å². The van der Waals surface area contributed by atoms with Crippen LogP contribution >= 0.6 is 0 Å². The summed E-state index contributed by atoms with van der Waals surface area (Å²) >= 11 is 0. The molecule has 1 N–H and O–H groups in total. The molecule has 0 saturated heterocycles. The number of ether oxygens (including phenoxy) is 1. The molecule has 0 aliphatic rings. The van der Waals surface area contributed by atoms with E-state index in [4.69, 9.17) is 4.74 Å². The molecule has 0 fully saturated rings. The van der Waals surface area contributed by atoms with Gasteiger partial charge in [-0.1, -0.05) is 18.2 Å². The van der Waals surface area contributed by atoms with Crippen LogP contribution in [0.1, 0.15) is 11.4 Å². The summed E-state index contributed by atoms with van der Waals surface area (Å²) in [5.74, 6) is 0.756. The van der Waals surface area contributed by atoms with E-state index in [1.807, 2.05) is 36.2 Å². The summed E-state index contributed by atoms with van der Waals surface area (Å²) in [5.41, 5.74) is 0.802. The van der Waals surface area contributed by atoms with Crippen molar-refractivity contribution in [3.8, 4) is 5.88 Å². The van der Waals surface area contributed by atoms with E-state index in [0.29, 0.717) is 41.3 Å². The number of rotatable bonds is 7. The Hall–Kier alpha value is -4.01. The van der Waals surface area contributed by atoms with E-state index in [2.05, 4.69) is 20.1 Å². The van der Waals surface area contributed by atoms with Gasteiger partial charge in [-0.2, -0.15) is 0 Å². The minimum Gasteiger partial charge on any atom is -0.480 e. The quantitative estimate of drug-likeness (QED) is 0.486. The van der Waals surface area contributed by atoms with E-state index in [9.17, 15) is 9.59 Å². The fraction of sp³-hybridized carbons (Fsp3) is 0.227. The summed E-state index contributed by atoms with van der Waals surface area (Å²) in [6.07, 6.45) is 2.45. The topological polar surface area (TPSA) is 106 Å². The van der Waals surface area contributed by atoms with Crippen LogP contribution in [0.15, 0.2) is 64.3 Å². The molecule has 0 amide bonds. The van der Waals surface area contributed by atoms with Gasteiger partial charge in [0.05, 0.1) is 30.1 Å². The van der Waals surface area contributed by atoms with Crippen LogP contribution in [-0.2, 0) is 13.0 Å². The molecule has 0 bridgehead atoms. The van der Waals surface area contributed by atoms with Crippen molar-refractivity contribution in [1.82, 2.24) is 24.7 Å². The highest BCUT2D eigenvalue weighted by molar-refractivity contribution is 5.85. The van der Waals surface area contributed by atoms with Crippen LogP contribution < -0.4 is 20.8 Å². The number of H-pyrrole nitrogens is 1. The largest absolute Gasteiger partial charge is 0.480 e. The molecule has 31 heavy (non-hydrogen) atoms. The van der Waals surface area contributed by atoms with Gasteiger partial charge in [-0.3, -0.25) is 19.6 Å². The first kappa shape index (κ1) is 20.3. The zero-order chi connectivity index (χ0) is 21.8. The van der Waals surface area contributed by atoms with Gasteiger partial charge in [-0.15, -0.1) is 5.10 Å². The maximum Gasteiger partial charge on any atom is 0.275 e. The predicted octanol–water partition coefficient (Wildman–Crippen LogP) is 1.61. The van der Waals surface area contributed by atoms with Gasteiger partial charge >= 0.3 is 0 Å². The van der Waals surface area contributed by atoms with Crippen LogP contribution in [0.25, 0.3) is 10.8 Å². The smallest absolute Gasteiger partial charge is 0.275 e. The normalized spacial score (nSPS) is 10.9. The van der Waals surface area contributed by atoms with Gasteiger partial charge in [0.2, 0.25) is 11.8 Å². The molecule has 0 atom stereocenters. The van der Waals surface area contributed by atoms with Crippen LogP contribution in [-0.4, -0.2) is 45.4 Å². The standard InChI is InChI=1S/C22H22N6O3/c1-27(12-10-15-7-5-6-11-23-15)22-24-16(13-19(29)25-22)14-28-21(30)18-9-4-3-8-17(18)20(26-28)31-2/h3-9,11,13H,10,12,14H2,1-2H3,(H,24,25,29). The van der Waals surface area contributed by atoms with Crippen molar-refractivity contribution >= 4 is 16.7 Å². The van der Waals surface area contributed by atoms with Gasteiger partial charge in [0, 0.05) is 38.0 Å². The van der Waals surface area contributed by atoms with Crippen molar-refractivity contribution in [2.75, 3.05) is 25.6 Å². The third kappa shape index (κ3) is 4.45. The molecule has 3 aromatic heterocycles. The molecule has 0 radical (unpaired) electrons. The Morgan fingerprint density at radius 2 is 1.84 bits per heavy atom. The number of hydrogen-bond acceptors (Lipinski definition) is 7. The van der Waals surface area contributed by atoms with Gasteiger partial charge in [0.25, 0.3) is 11.1 Å². The average Bonchev–Trinajstić information content (AvgIpc) is 2.79. The molecular weight excluding hydrogens is 396 g/mol. The van der Waals surface area contributed by atoms with Crippen molar-refractivity contribution in [2.45, 2.75) is 13.0 Å². The lowest BCUT2D eigenvalue weighted by Crippen LogP contribution is -2.28. The molecule has 9 nitrogen and oxygen atoms in total. The average molecular weight is 418 g/mol. The molecule has 0 aliphatic heterocycles. The van der Waals surface area contributed by atoms with E-state index in [1.54, 1.807) is 24.4 Å². The van der Waals surface area contributed by atoms with Crippen molar-refractivity contribution in [2.24, 2.45) is 0 Å². The summed E-state index contributed by atoms with van der Waals surface area (Å²) in [6.45, 7) is 0.663. The lowest BCUT2D eigenvalue weighted by atomic mass is 10.2. The van der Waals surface area contributed by atoms with Gasteiger partial charge in [0.1, 0.15) is 0 Å². The number of aromatic amines is 1. The van der Waals surface area contributed by atoms with Gasteiger partial charge < -0.3 is 9.64 Å². The van der Waals surface area contributed by atoms with E-state index in [-0.39, 0.29) is 17.7 Å². The number of likely N-dealkylation sites (N-methyl/N-ethyl adjacent to an activating group) is 1. The Morgan fingerprint density at radius 1 is 1.06 bits per heavy atom. The summed E-state index contributed by atoms with van der Waals surface area (Å²) in [6, 6.07) is 14.2. The van der Waals surface area contributed by atoms with Crippen LogP contribution in [0, 0.1) is 0 Å². The van der Waals surface area contributed by atoms with Gasteiger partial charge in [0.15, 0.2) is 0 Å². The summed E-state index contributed by atoms with van der Waals surface area (Å²) in [4.78, 5) is 38.5. The Bertz CT molecular complexity index is 1320. The number of fused-ring (bicyclic) bond motifs is 1. The SMILES string of the molecule is COc1nn(Cc2cc(=O)[nH]c(N(C)CCc3ccccn3)n2)c(=O)c2ccccc12. The van der Waals surface area contributed by atoms with E-state index in [0.717, 1.165) is 5.69 Å². The van der Waals surface area contributed by atoms with Crippen molar-refractivity contribution in [3.05, 3.63) is 86.8 Å². The summed E-state index contributed by atoms with van der Waals surface area (Å²) < 4.78 is 6.61. The highest BCUT2D eigenvalue weighted by Crippen LogP contribution is 2.19. The lowest BCUT2D eigenvalue weighted by molar-refractivity contribution is 0.385. The third-order valence-corrected chi connectivity index (χ3v) is 4.91. The van der Waals surface area contributed by atoms with E-state index >= 15 is 0 Å². The lowest BCUT2D eigenvalue weighted by Gasteiger charge is -2.18. The summed E-state index contributed by atoms with van der Waals surface area (Å²) in [5, 5.41) is 5.43. The summed E-state index contributed by atoms with van der Waals surface area (Å²) in [7, 11) is 3.35. The number of anilines is 1. The highest BCUT2D eigenvalue weighted by atomic mass is 16.5. The molecule has 0 spiro atoms. The monoisotopic (exact) mass is 418 g/mol. The van der Waals surface area contributed by atoms with Crippen LogP contribution in [0.5, 0.6) is 5.88 Å². The minimum atomic E-state index is -0.300. The van der Waals surface area contributed by atoms with Crippen molar-refractivity contribution in [3.63, 3.8) is 0 Å². The predicted molar refractivity (Wildman–Crippen MR) is 118 cm³/mol. The molecule has 4 rings (SSSR count). The second-order valence-electron chi connectivity index (χ2n) is 7.07. The molecule has 4 aromatic rings. The van der Waals surface area contributed by atoms with Crippen molar-refractivity contribution < 1.29 is 4.74 Å². The molecule has 0 unspecified atom stereocenters. The molecule has 1 aromatic carbocycles. The maximum atomic E-state index is 12.9. The minimum absolute atomic E-state index is 0.0467. The first-order chi connectivity index (χ1) is 15.0. The number of nitrogens with zero attached hydrogens (tertiary/aromatic N) is 5. The molecular formula is C22H22N6O3. The Balaban J connectivity index is 1.61. The molecule has 0 saturated carbocycles. The number of hydrogen-bond donors (Lipinski definition) is 1. The molecule has 158 valence electrons. The second kappa shape index (κ2) is 8.78. The number of aromatic nitrogens is 5. The van der Waals surface area contributed by atoms with Gasteiger partial charge in [-0.25, -0.2) is 9.67 Å². The fourth-order valence-corrected chi connectivity index (χ4v) is 3.31. The zero-order valence-corrected chi connectivity index (χ0v) is 17.3. The Morgan fingerprint density at radius 3 is 2.58 bits per heavy atom. The van der Waals surface area contributed by atoms with Crippen LogP contribution in [0.4, 0.5) is 5.95 Å². The van der Waals surface area contributed by atoms with Gasteiger partial charge in [-0.05, 0) is 24.3 Å². The number of benzene rings is 1. The second-order valence-corrected chi connectivity index (χ2v) is 7.07. The Kier molecular flexibility index (Phi) is 5.74. The first-order valence-corrected chi connectivity index (χ1v) is 9.80. The van der Waals surface area contributed by atoms with Crippen LogP contribution in [0.2, 0.25) is 0 Å².